The zero-order valence-electron chi connectivity index (χ0n) is 9.34. The van der Waals surface area contributed by atoms with E-state index in [2.05, 4.69) is 10.2 Å². The van der Waals surface area contributed by atoms with Gasteiger partial charge in [0.2, 0.25) is 0 Å². The lowest BCUT2D eigenvalue weighted by molar-refractivity contribution is 0.255. The molecule has 1 aromatic carbocycles. The van der Waals surface area contributed by atoms with Gasteiger partial charge in [-0.05, 0) is 17.7 Å². The molecule has 17 heavy (non-hydrogen) atoms. The SMILES string of the molecule is CN(C(N)=O)c1cccc(-c2cn[nH]c2N)c1. The van der Waals surface area contributed by atoms with Crippen molar-refractivity contribution in [3.05, 3.63) is 30.5 Å². The van der Waals surface area contributed by atoms with Crippen LogP contribution >= 0.6 is 0 Å². The van der Waals surface area contributed by atoms with Crippen LogP contribution in [0, 0.1) is 0 Å². The van der Waals surface area contributed by atoms with Crippen molar-refractivity contribution in [1.29, 1.82) is 0 Å². The molecule has 2 rings (SSSR count). The number of amides is 2. The van der Waals surface area contributed by atoms with Crippen LogP contribution in [-0.2, 0) is 0 Å². The molecule has 0 aliphatic carbocycles. The van der Waals surface area contributed by atoms with Gasteiger partial charge in [0.15, 0.2) is 0 Å². The standard InChI is InChI=1S/C11H13N5O/c1-16(11(13)17)8-4-2-3-7(5-8)9-6-14-15-10(9)12/h2-6H,1H3,(H2,13,17)(H3,12,14,15). The Bertz CT molecular complexity index is 548. The summed E-state index contributed by atoms with van der Waals surface area (Å²) in [4.78, 5) is 12.4. The lowest BCUT2D eigenvalue weighted by Gasteiger charge is -2.15. The van der Waals surface area contributed by atoms with Crippen molar-refractivity contribution in [2.75, 3.05) is 17.7 Å². The van der Waals surface area contributed by atoms with Crippen LogP contribution in [0.25, 0.3) is 11.1 Å². The number of anilines is 2. The van der Waals surface area contributed by atoms with Crippen LogP contribution in [0.5, 0.6) is 0 Å². The molecule has 2 amide bonds. The highest BCUT2D eigenvalue weighted by Gasteiger charge is 2.09. The second-order valence-corrected chi connectivity index (χ2v) is 3.64. The Morgan fingerprint density at radius 2 is 2.24 bits per heavy atom. The molecular weight excluding hydrogens is 218 g/mol. The number of carbonyl (C=O) groups excluding carboxylic acids is 1. The molecule has 2 aromatic rings. The van der Waals surface area contributed by atoms with Crippen molar-refractivity contribution in [3.8, 4) is 11.1 Å². The second kappa shape index (κ2) is 4.17. The first-order valence-corrected chi connectivity index (χ1v) is 5.02. The average Bonchev–Trinajstić information content (AvgIpc) is 2.74. The molecule has 0 atom stereocenters. The quantitative estimate of drug-likeness (QED) is 0.723. The number of urea groups is 1. The van der Waals surface area contributed by atoms with E-state index in [1.54, 1.807) is 19.3 Å². The van der Waals surface area contributed by atoms with Crippen LogP contribution in [0.4, 0.5) is 16.3 Å². The molecule has 6 nitrogen and oxygen atoms in total. The number of nitrogens with one attached hydrogen (secondary N) is 1. The van der Waals surface area contributed by atoms with Crippen molar-refractivity contribution in [2.45, 2.75) is 0 Å². The predicted octanol–water partition coefficient (Wildman–Crippen LogP) is 1.17. The molecule has 0 fully saturated rings. The summed E-state index contributed by atoms with van der Waals surface area (Å²) in [6.07, 6.45) is 1.64. The van der Waals surface area contributed by atoms with Gasteiger partial charge in [0.1, 0.15) is 5.82 Å². The third-order valence-corrected chi connectivity index (χ3v) is 2.54. The first kappa shape index (κ1) is 11.0. The highest BCUT2D eigenvalue weighted by Crippen LogP contribution is 2.27. The van der Waals surface area contributed by atoms with Gasteiger partial charge in [-0.2, -0.15) is 5.10 Å². The Morgan fingerprint density at radius 1 is 1.47 bits per heavy atom. The Kier molecular flexibility index (Phi) is 2.70. The van der Waals surface area contributed by atoms with Crippen LogP contribution in [0.2, 0.25) is 0 Å². The summed E-state index contributed by atoms with van der Waals surface area (Å²) < 4.78 is 0. The minimum absolute atomic E-state index is 0.490. The maximum atomic E-state index is 11.1. The number of H-pyrrole nitrogens is 1. The monoisotopic (exact) mass is 231 g/mol. The lowest BCUT2D eigenvalue weighted by atomic mass is 10.1. The van der Waals surface area contributed by atoms with Gasteiger partial charge < -0.3 is 11.5 Å². The summed E-state index contributed by atoms with van der Waals surface area (Å²) in [5.41, 5.74) is 13.3. The van der Waals surface area contributed by atoms with E-state index in [0.717, 1.165) is 11.1 Å². The van der Waals surface area contributed by atoms with Gasteiger partial charge in [0, 0.05) is 18.3 Å². The third-order valence-electron chi connectivity index (χ3n) is 2.54. The van der Waals surface area contributed by atoms with E-state index in [9.17, 15) is 4.79 Å². The Labute approximate surface area is 98.2 Å². The number of nitrogen functional groups attached to an aromatic ring is 1. The van der Waals surface area contributed by atoms with Gasteiger partial charge >= 0.3 is 6.03 Å². The molecule has 5 N–H and O–H groups in total. The number of primary amides is 1. The number of hydrogen-bond donors (Lipinski definition) is 3. The average molecular weight is 231 g/mol. The summed E-state index contributed by atoms with van der Waals surface area (Å²) in [6, 6.07) is 6.83. The van der Waals surface area contributed by atoms with E-state index in [4.69, 9.17) is 11.5 Å². The number of hydrogen-bond acceptors (Lipinski definition) is 3. The molecule has 6 heteroatoms. The van der Waals surface area contributed by atoms with Crippen LogP contribution in [0.15, 0.2) is 30.5 Å². The molecule has 0 bridgehead atoms. The van der Waals surface area contributed by atoms with Gasteiger partial charge in [-0.3, -0.25) is 10.00 Å². The van der Waals surface area contributed by atoms with E-state index in [0.29, 0.717) is 11.5 Å². The van der Waals surface area contributed by atoms with E-state index in [1.807, 2.05) is 18.2 Å². The molecule has 0 spiro atoms. The Hall–Kier alpha value is -2.50. The van der Waals surface area contributed by atoms with Gasteiger partial charge in [-0.1, -0.05) is 12.1 Å². The molecule has 1 heterocycles. The number of rotatable bonds is 2. The molecular formula is C11H13N5O. The number of aromatic amines is 1. The van der Waals surface area contributed by atoms with Crippen molar-refractivity contribution in [2.24, 2.45) is 5.73 Å². The molecule has 88 valence electrons. The van der Waals surface area contributed by atoms with Gasteiger partial charge in [-0.25, -0.2) is 4.79 Å². The summed E-state index contributed by atoms with van der Waals surface area (Å²) in [7, 11) is 1.61. The molecule has 0 unspecified atom stereocenters. The van der Waals surface area contributed by atoms with Crippen LogP contribution in [-0.4, -0.2) is 23.3 Å². The fourth-order valence-electron chi connectivity index (χ4n) is 1.54. The van der Waals surface area contributed by atoms with Crippen LogP contribution in [0.3, 0.4) is 0 Å². The number of nitrogens with two attached hydrogens (primary N) is 2. The lowest BCUT2D eigenvalue weighted by Crippen LogP contribution is -2.31. The molecule has 0 aliphatic rings. The van der Waals surface area contributed by atoms with E-state index in [1.165, 1.54) is 4.90 Å². The third kappa shape index (κ3) is 2.05. The first-order valence-electron chi connectivity index (χ1n) is 5.02. The van der Waals surface area contributed by atoms with Crippen molar-refractivity contribution in [1.82, 2.24) is 10.2 Å². The van der Waals surface area contributed by atoms with Crippen LogP contribution < -0.4 is 16.4 Å². The number of carbonyl (C=O) groups is 1. The number of aromatic nitrogens is 2. The van der Waals surface area contributed by atoms with Crippen molar-refractivity contribution >= 4 is 17.5 Å². The van der Waals surface area contributed by atoms with E-state index in [-0.39, 0.29) is 0 Å². The highest BCUT2D eigenvalue weighted by atomic mass is 16.2. The smallest absolute Gasteiger partial charge is 0.318 e. The molecule has 0 aliphatic heterocycles. The minimum Gasteiger partial charge on any atom is -0.384 e. The number of nitrogens with zero attached hydrogens (tertiary/aromatic N) is 2. The molecule has 0 saturated carbocycles. The van der Waals surface area contributed by atoms with Crippen molar-refractivity contribution in [3.63, 3.8) is 0 Å². The Balaban J connectivity index is 2.42. The van der Waals surface area contributed by atoms with E-state index >= 15 is 0 Å². The minimum atomic E-state index is -0.512. The fraction of sp³-hybridized carbons (Fsp3) is 0.0909. The number of benzene rings is 1. The molecule has 1 aromatic heterocycles. The summed E-state index contributed by atoms with van der Waals surface area (Å²) >= 11 is 0. The summed E-state index contributed by atoms with van der Waals surface area (Å²) in [5, 5.41) is 6.51. The topological polar surface area (TPSA) is 101 Å². The zero-order chi connectivity index (χ0) is 12.4. The molecule has 0 saturated heterocycles. The van der Waals surface area contributed by atoms with Gasteiger partial charge in [-0.15, -0.1) is 0 Å². The normalized spacial score (nSPS) is 10.2. The first-order chi connectivity index (χ1) is 8.09. The predicted molar refractivity (Wildman–Crippen MR) is 66.4 cm³/mol. The highest BCUT2D eigenvalue weighted by molar-refractivity contribution is 5.91. The van der Waals surface area contributed by atoms with E-state index < -0.39 is 6.03 Å². The summed E-state index contributed by atoms with van der Waals surface area (Å²) in [6.45, 7) is 0. The molecule has 0 radical (unpaired) electrons. The summed E-state index contributed by atoms with van der Waals surface area (Å²) in [5.74, 6) is 0.490. The fourth-order valence-corrected chi connectivity index (χ4v) is 1.54. The van der Waals surface area contributed by atoms with Gasteiger partial charge in [0.25, 0.3) is 0 Å². The Morgan fingerprint density at radius 3 is 2.82 bits per heavy atom. The van der Waals surface area contributed by atoms with Crippen LogP contribution in [0.1, 0.15) is 0 Å². The zero-order valence-corrected chi connectivity index (χ0v) is 9.34. The maximum Gasteiger partial charge on any atom is 0.318 e. The second-order valence-electron chi connectivity index (χ2n) is 3.64. The van der Waals surface area contributed by atoms with Crippen molar-refractivity contribution < 1.29 is 4.79 Å². The maximum absolute atomic E-state index is 11.1. The van der Waals surface area contributed by atoms with Gasteiger partial charge in [0.05, 0.1) is 6.20 Å². The largest absolute Gasteiger partial charge is 0.384 e.